The molecule has 0 spiro atoms. The van der Waals surface area contributed by atoms with Gasteiger partial charge >= 0.3 is 11.9 Å². The maximum atomic E-state index is 11.5. The molecule has 0 aliphatic rings. The van der Waals surface area contributed by atoms with E-state index in [9.17, 15) is 19.8 Å². The summed E-state index contributed by atoms with van der Waals surface area (Å²) >= 11 is 0. The number of carboxylic acids is 2. The first kappa shape index (κ1) is 15.5. The van der Waals surface area contributed by atoms with Gasteiger partial charge in [0.2, 0.25) is 0 Å². The number of benzene rings is 3. The van der Waals surface area contributed by atoms with Crippen LogP contribution in [0.4, 0.5) is 0 Å². The summed E-state index contributed by atoms with van der Waals surface area (Å²) in [5, 5.41) is 18.6. The molecule has 24 heavy (non-hydrogen) atoms. The Morgan fingerprint density at radius 1 is 0.625 bits per heavy atom. The van der Waals surface area contributed by atoms with Gasteiger partial charge in [-0.15, -0.1) is 0 Å². The van der Waals surface area contributed by atoms with Crippen molar-refractivity contribution in [2.24, 2.45) is 0 Å². The molecule has 0 fully saturated rings. The third kappa shape index (κ3) is 3.03. The third-order valence-electron chi connectivity index (χ3n) is 3.78. The number of carbonyl (C=O) groups is 2. The lowest BCUT2D eigenvalue weighted by Crippen LogP contribution is -2.03. The number of aromatic carboxylic acids is 2. The maximum absolute atomic E-state index is 11.5. The Labute approximate surface area is 138 Å². The topological polar surface area (TPSA) is 74.6 Å². The molecule has 3 aromatic carbocycles. The van der Waals surface area contributed by atoms with Crippen LogP contribution in [0.5, 0.6) is 0 Å². The van der Waals surface area contributed by atoms with Gasteiger partial charge in [0.15, 0.2) is 0 Å². The van der Waals surface area contributed by atoms with Crippen LogP contribution >= 0.6 is 0 Å². The molecule has 0 atom stereocenters. The molecule has 3 aromatic rings. The van der Waals surface area contributed by atoms with Crippen molar-refractivity contribution in [1.29, 1.82) is 0 Å². The minimum Gasteiger partial charge on any atom is -0.478 e. The van der Waals surface area contributed by atoms with Crippen molar-refractivity contribution in [2.75, 3.05) is 0 Å². The summed E-state index contributed by atoms with van der Waals surface area (Å²) in [5.41, 5.74) is 3.12. The van der Waals surface area contributed by atoms with Gasteiger partial charge in [-0.05, 0) is 46.5 Å². The normalized spacial score (nSPS) is 10.3. The molecular weight excluding hydrogens is 304 g/mol. The quantitative estimate of drug-likeness (QED) is 0.747. The summed E-state index contributed by atoms with van der Waals surface area (Å²) in [4.78, 5) is 22.7. The third-order valence-corrected chi connectivity index (χ3v) is 3.78. The fourth-order valence-corrected chi connectivity index (χ4v) is 2.60. The largest absolute Gasteiger partial charge is 0.478 e. The average Bonchev–Trinajstić information content (AvgIpc) is 2.62. The first-order valence-corrected chi connectivity index (χ1v) is 7.33. The van der Waals surface area contributed by atoms with Gasteiger partial charge in [0.25, 0.3) is 0 Å². The Kier molecular flexibility index (Phi) is 4.12. The number of hydrogen-bond acceptors (Lipinski definition) is 2. The van der Waals surface area contributed by atoms with E-state index in [1.165, 1.54) is 18.2 Å². The van der Waals surface area contributed by atoms with Crippen molar-refractivity contribution in [1.82, 2.24) is 0 Å². The standard InChI is InChI=1S/C20H14O4/c21-19(22)16-9-10-17(20(23)24)18(12-16)15-8-4-7-14(11-15)13-5-2-1-3-6-13/h1-12H,(H,21,22)(H,23,24). The Balaban J connectivity index is 2.16. The molecule has 2 N–H and O–H groups in total. The van der Waals surface area contributed by atoms with E-state index in [2.05, 4.69) is 0 Å². The van der Waals surface area contributed by atoms with Crippen molar-refractivity contribution in [3.05, 3.63) is 83.9 Å². The highest BCUT2D eigenvalue weighted by Crippen LogP contribution is 2.29. The summed E-state index contributed by atoms with van der Waals surface area (Å²) in [6.45, 7) is 0. The minimum atomic E-state index is -1.09. The summed E-state index contributed by atoms with van der Waals surface area (Å²) in [5.74, 6) is -2.18. The SMILES string of the molecule is O=C(O)c1ccc(C(=O)O)c(-c2cccc(-c3ccccc3)c2)c1. The van der Waals surface area contributed by atoms with Gasteiger partial charge in [-0.3, -0.25) is 0 Å². The first-order valence-electron chi connectivity index (χ1n) is 7.33. The highest BCUT2D eigenvalue weighted by atomic mass is 16.4. The van der Waals surface area contributed by atoms with Gasteiger partial charge in [0.05, 0.1) is 11.1 Å². The molecule has 0 aliphatic carbocycles. The molecule has 0 unspecified atom stereocenters. The number of rotatable bonds is 4. The smallest absolute Gasteiger partial charge is 0.336 e. The zero-order chi connectivity index (χ0) is 17.1. The number of carboxylic acid groups (broad SMARTS) is 2. The van der Waals surface area contributed by atoms with Crippen LogP contribution in [0.1, 0.15) is 20.7 Å². The molecule has 4 heteroatoms. The van der Waals surface area contributed by atoms with Crippen LogP contribution in [0.25, 0.3) is 22.3 Å². The fraction of sp³-hybridized carbons (Fsp3) is 0. The summed E-state index contributed by atoms with van der Waals surface area (Å²) in [6, 6.07) is 21.1. The predicted octanol–water partition coefficient (Wildman–Crippen LogP) is 4.42. The van der Waals surface area contributed by atoms with Crippen LogP contribution in [-0.2, 0) is 0 Å². The second-order valence-corrected chi connectivity index (χ2v) is 5.32. The zero-order valence-corrected chi connectivity index (χ0v) is 12.6. The molecule has 0 bridgehead atoms. The summed E-state index contributed by atoms with van der Waals surface area (Å²) < 4.78 is 0. The van der Waals surface area contributed by atoms with Crippen LogP contribution in [0.3, 0.4) is 0 Å². The van der Waals surface area contributed by atoms with E-state index in [1.807, 2.05) is 48.5 Å². The first-order chi connectivity index (χ1) is 11.6. The highest BCUT2D eigenvalue weighted by molar-refractivity contribution is 5.99. The molecule has 0 aromatic heterocycles. The van der Waals surface area contributed by atoms with Crippen LogP contribution in [0.2, 0.25) is 0 Å². The van der Waals surface area contributed by atoms with Crippen molar-refractivity contribution < 1.29 is 19.8 Å². The van der Waals surface area contributed by atoms with Crippen LogP contribution < -0.4 is 0 Å². The van der Waals surface area contributed by atoms with Crippen molar-refractivity contribution in [2.45, 2.75) is 0 Å². The van der Waals surface area contributed by atoms with Crippen molar-refractivity contribution in [3.8, 4) is 22.3 Å². The van der Waals surface area contributed by atoms with E-state index in [4.69, 9.17) is 0 Å². The average molecular weight is 318 g/mol. The van der Waals surface area contributed by atoms with Gasteiger partial charge in [-0.2, -0.15) is 0 Å². The molecular formula is C20H14O4. The second-order valence-electron chi connectivity index (χ2n) is 5.32. The predicted molar refractivity (Wildman–Crippen MR) is 91.2 cm³/mol. The van der Waals surface area contributed by atoms with E-state index in [1.54, 1.807) is 6.07 Å². The maximum Gasteiger partial charge on any atom is 0.336 e. The van der Waals surface area contributed by atoms with Crippen LogP contribution in [0, 0.1) is 0 Å². The Bertz CT molecular complexity index is 914. The van der Waals surface area contributed by atoms with E-state index >= 15 is 0 Å². The van der Waals surface area contributed by atoms with Crippen LogP contribution in [0.15, 0.2) is 72.8 Å². The van der Waals surface area contributed by atoms with Crippen molar-refractivity contribution >= 4 is 11.9 Å². The Hall–Kier alpha value is -3.40. The highest BCUT2D eigenvalue weighted by Gasteiger charge is 2.15. The van der Waals surface area contributed by atoms with E-state index in [0.29, 0.717) is 11.1 Å². The van der Waals surface area contributed by atoms with Gasteiger partial charge in [-0.25, -0.2) is 9.59 Å². The zero-order valence-electron chi connectivity index (χ0n) is 12.6. The van der Waals surface area contributed by atoms with Crippen molar-refractivity contribution in [3.63, 3.8) is 0 Å². The lowest BCUT2D eigenvalue weighted by atomic mass is 9.94. The second kappa shape index (κ2) is 6.38. The Morgan fingerprint density at radius 3 is 1.96 bits per heavy atom. The van der Waals surface area contributed by atoms with Gasteiger partial charge in [0.1, 0.15) is 0 Å². The van der Waals surface area contributed by atoms with E-state index in [-0.39, 0.29) is 11.1 Å². The molecule has 0 aliphatic heterocycles. The fourth-order valence-electron chi connectivity index (χ4n) is 2.60. The monoisotopic (exact) mass is 318 g/mol. The molecule has 0 amide bonds. The number of hydrogen-bond donors (Lipinski definition) is 2. The lowest BCUT2D eigenvalue weighted by molar-refractivity contribution is 0.0682. The van der Waals surface area contributed by atoms with E-state index in [0.717, 1.165) is 11.1 Å². The molecule has 0 heterocycles. The molecule has 118 valence electrons. The molecule has 4 nitrogen and oxygen atoms in total. The lowest BCUT2D eigenvalue weighted by Gasteiger charge is -2.10. The van der Waals surface area contributed by atoms with E-state index < -0.39 is 11.9 Å². The summed E-state index contributed by atoms with van der Waals surface area (Å²) in [6.07, 6.45) is 0. The van der Waals surface area contributed by atoms with Crippen LogP contribution in [-0.4, -0.2) is 22.2 Å². The van der Waals surface area contributed by atoms with Gasteiger partial charge < -0.3 is 10.2 Å². The molecule has 3 rings (SSSR count). The van der Waals surface area contributed by atoms with Gasteiger partial charge in [0, 0.05) is 0 Å². The minimum absolute atomic E-state index is 0.0557. The van der Waals surface area contributed by atoms with Gasteiger partial charge in [-0.1, -0.05) is 48.5 Å². The summed E-state index contributed by atoms with van der Waals surface area (Å²) in [7, 11) is 0. The Morgan fingerprint density at radius 2 is 1.29 bits per heavy atom. The molecule has 0 saturated heterocycles. The molecule has 0 saturated carbocycles. The molecule has 0 radical (unpaired) electrons.